The number of urea groups is 1. The highest BCUT2D eigenvalue weighted by atomic mass is 35.5. The summed E-state index contributed by atoms with van der Waals surface area (Å²) in [7, 11) is 2.05. The van der Waals surface area contributed by atoms with E-state index in [1.165, 1.54) is 19.3 Å². The van der Waals surface area contributed by atoms with Gasteiger partial charge in [-0.25, -0.2) is 4.79 Å². The lowest BCUT2D eigenvalue weighted by Gasteiger charge is -2.30. The fraction of sp³-hybridized carbons (Fsp3) is 0.800. The molecule has 0 spiro atoms. The normalized spacial score (nSPS) is 22.6. The number of halogens is 1. The molecule has 2 aliphatic rings. The predicted octanol–water partition coefficient (Wildman–Crippen LogP) is 1.20. The minimum Gasteiger partial charge on any atom is -0.337 e. The molecule has 1 saturated heterocycles. The summed E-state index contributed by atoms with van der Waals surface area (Å²) in [5, 5.41) is 13.2. The van der Waals surface area contributed by atoms with Crippen LogP contribution < -0.4 is 16.0 Å². The number of likely N-dealkylation sites (N-methyl/N-ethyl adjacent to an activating group) is 1. The molecule has 24 heavy (non-hydrogen) atoms. The molecule has 8 nitrogen and oxygen atoms in total. The zero-order chi connectivity index (χ0) is 16.1. The molecule has 1 aromatic rings. The van der Waals surface area contributed by atoms with Gasteiger partial charge in [-0.1, -0.05) is 24.4 Å². The Morgan fingerprint density at radius 1 is 1.38 bits per heavy atom. The lowest BCUT2D eigenvalue weighted by atomic mass is 9.96. The SMILES string of the molecule is CN1CCNCC1c1noc(CNC(=O)NC2CCCCC2)n1.Cl. The maximum Gasteiger partial charge on any atom is 0.315 e. The van der Waals surface area contributed by atoms with Gasteiger partial charge in [0.1, 0.15) is 0 Å². The van der Waals surface area contributed by atoms with E-state index in [1.807, 2.05) is 0 Å². The lowest BCUT2D eigenvalue weighted by molar-refractivity contribution is 0.190. The zero-order valence-corrected chi connectivity index (χ0v) is 14.9. The number of carbonyl (C=O) groups excluding carboxylic acids is 1. The van der Waals surface area contributed by atoms with Gasteiger partial charge in [-0.3, -0.25) is 4.90 Å². The third-order valence-electron chi connectivity index (χ3n) is 4.63. The number of nitrogens with one attached hydrogen (secondary N) is 3. The maximum absolute atomic E-state index is 11.9. The first-order valence-electron chi connectivity index (χ1n) is 8.50. The molecule has 0 bridgehead atoms. The van der Waals surface area contributed by atoms with Crippen molar-refractivity contribution >= 4 is 18.4 Å². The Labute approximate surface area is 148 Å². The zero-order valence-electron chi connectivity index (χ0n) is 14.1. The van der Waals surface area contributed by atoms with Crippen LogP contribution in [0.1, 0.15) is 49.9 Å². The van der Waals surface area contributed by atoms with Gasteiger partial charge in [-0.15, -0.1) is 12.4 Å². The van der Waals surface area contributed by atoms with Crippen molar-refractivity contribution in [1.82, 2.24) is 31.0 Å². The smallest absolute Gasteiger partial charge is 0.315 e. The minimum atomic E-state index is -0.159. The third kappa shape index (κ3) is 5.06. The van der Waals surface area contributed by atoms with Gasteiger partial charge in [0, 0.05) is 25.7 Å². The fourth-order valence-corrected chi connectivity index (χ4v) is 3.21. The Morgan fingerprint density at radius 2 is 2.17 bits per heavy atom. The van der Waals surface area contributed by atoms with Crippen molar-refractivity contribution in [1.29, 1.82) is 0 Å². The van der Waals surface area contributed by atoms with Crippen LogP contribution in [0.5, 0.6) is 0 Å². The maximum atomic E-state index is 11.9. The van der Waals surface area contributed by atoms with Gasteiger partial charge >= 0.3 is 6.03 Å². The number of hydrogen-bond acceptors (Lipinski definition) is 6. The Kier molecular flexibility index (Phi) is 7.26. The summed E-state index contributed by atoms with van der Waals surface area (Å²) in [6, 6.07) is 0.259. The quantitative estimate of drug-likeness (QED) is 0.748. The summed E-state index contributed by atoms with van der Waals surface area (Å²) in [5.41, 5.74) is 0. The van der Waals surface area contributed by atoms with Crippen molar-refractivity contribution in [3.63, 3.8) is 0 Å². The highest BCUT2D eigenvalue weighted by Gasteiger charge is 2.25. The van der Waals surface area contributed by atoms with E-state index >= 15 is 0 Å². The van der Waals surface area contributed by atoms with Crippen molar-refractivity contribution < 1.29 is 9.32 Å². The largest absolute Gasteiger partial charge is 0.337 e. The average Bonchev–Trinajstić information content (AvgIpc) is 3.03. The first-order chi connectivity index (χ1) is 11.2. The van der Waals surface area contributed by atoms with Gasteiger partial charge < -0.3 is 20.5 Å². The van der Waals surface area contributed by atoms with Crippen LogP contribution >= 0.6 is 12.4 Å². The van der Waals surface area contributed by atoms with Gasteiger partial charge in [0.25, 0.3) is 0 Å². The summed E-state index contributed by atoms with van der Waals surface area (Å²) >= 11 is 0. The molecule has 1 aliphatic carbocycles. The topological polar surface area (TPSA) is 95.3 Å². The van der Waals surface area contributed by atoms with E-state index < -0.39 is 0 Å². The van der Waals surface area contributed by atoms with Gasteiger partial charge in [-0.2, -0.15) is 4.98 Å². The second-order valence-corrected chi connectivity index (χ2v) is 6.41. The second kappa shape index (κ2) is 9.19. The number of rotatable bonds is 4. The fourth-order valence-electron chi connectivity index (χ4n) is 3.21. The molecule has 1 atom stereocenters. The van der Waals surface area contributed by atoms with Gasteiger partial charge in [-0.05, 0) is 19.9 Å². The Hall–Kier alpha value is -1.38. The van der Waals surface area contributed by atoms with E-state index in [0.717, 1.165) is 32.5 Å². The molecule has 1 unspecified atom stereocenters. The molecule has 1 aromatic heterocycles. The molecular weight excluding hydrogens is 332 g/mol. The summed E-state index contributed by atoms with van der Waals surface area (Å²) in [4.78, 5) is 18.5. The Bertz CT molecular complexity index is 520. The molecule has 2 amide bonds. The van der Waals surface area contributed by atoms with E-state index in [9.17, 15) is 4.79 Å². The molecule has 1 saturated carbocycles. The first kappa shape index (κ1) is 19.0. The Morgan fingerprint density at radius 3 is 2.92 bits per heavy atom. The molecule has 2 fully saturated rings. The van der Waals surface area contributed by atoms with Crippen molar-refractivity contribution in [2.24, 2.45) is 0 Å². The van der Waals surface area contributed by atoms with E-state index in [4.69, 9.17) is 4.52 Å². The number of carbonyl (C=O) groups is 1. The molecular formula is C15H27ClN6O2. The van der Waals surface area contributed by atoms with E-state index in [2.05, 4.69) is 38.0 Å². The predicted molar refractivity (Wildman–Crippen MR) is 92.0 cm³/mol. The van der Waals surface area contributed by atoms with Crippen molar-refractivity contribution in [2.75, 3.05) is 26.7 Å². The molecule has 9 heteroatoms. The number of hydrogen-bond donors (Lipinski definition) is 3. The number of piperazine rings is 1. The van der Waals surface area contributed by atoms with Crippen molar-refractivity contribution in [2.45, 2.75) is 50.7 Å². The molecule has 0 aromatic carbocycles. The molecule has 3 N–H and O–H groups in total. The lowest BCUT2D eigenvalue weighted by Crippen LogP contribution is -2.44. The third-order valence-corrected chi connectivity index (χ3v) is 4.63. The summed E-state index contributed by atoms with van der Waals surface area (Å²) < 4.78 is 5.25. The Balaban J connectivity index is 0.00000208. The van der Waals surface area contributed by atoms with Crippen LogP contribution in [0.2, 0.25) is 0 Å². The highest BCUT2D eigenvalue weighted by Crippen LogP contribution is 2.18. The van der Waals surface area contributed by atoms with Crippen LogP contribution in [0.3, 0.4) is 0 Å². The monoisotopic (exact) mass is 358 g/mol. The van der Waals surface area contributed by atoms with Crippen LogP contribution in [0.4, 0.5) is 4.79 Å². The second-order valence-electron chi connectivity index (χ2n) is 6.41. The van der Waals surface area contributed by atoms with Crippen LogP contribution in [-0.2, 0) is 6.54 Å². The molecule has 2 heterocycles. The van der Waals surface area contributed by atoms with E-state index in [1.54, 1.807) is 0 Å². The molecule has 3 rings (SSSR count). The minimum absolute atomic E-state index is 0. The first-order valence-corrected chi connectivity index (χ1v) is 8.50. The van der Waals surface area contributed by atoms with Crippen LogP contribution in [0.15, 0.2) is 4.52 Å². The van der Waals surface area contributed by atoms with Crippen LogP contribution in [-0.4, -0.2) is 53.8 Å². The molecule has 136 valence electrons. The van der Waals surface area contributed by atoms with Gasteiger partial charge in [0.15, 0.2) is 5.82 Å². The standard InChI is InChI=1S/C15H26N6O2.ClH/c1-21-8-7-16-9-12(21)14-19-13(23-20-14)10-17-15(22)18-11-5-3-2-4-6-11;/h11-12,16H,2-10H2,1H3,(H2,17,18,22);1H. The van der Waals surface area contributed by atoms with E-state index in [-0.39, 0.29) is 31.0 Å². The van der Waals surface area contributed by atoms with Crippen molar-refractivity contribution in [3.05, 3.63) is 11.7 Å². The number of amides is 2. The van der Waals surface area contributed by atoms with E-state index in [0.29, 0.717) is 17.8 Å². The number of nitrogens with zero attached hydrogens (tertiary/aromatic N) is 3. The summed E-state index contributed by atoms with van der Waals surface area (Å²) in [5.74, 6) is 1.11. The average molecular weight is 359 g/mol. The van der Waals surface area contributed by atoms with Crippen LogP contribution in [0.25, 0.3) is 0 Å². The number of aromatic nitrogens is 2. The van der Waals surface area contributed by atoms with Crippen LogP contribution in [0, 0.1) is 0 Å². The summed E-state index contributed by atoms with van der Waals surface area (Å²) in [6.45, 7) is 3.00. The summed E-state index contributed by atoms with van der Waals surface area (Å²) in [6.07, 6.45) is 5.80. The highest BCUT2D eigenvalue weighted by molar-refractivity contribution is 5.85. The molecule has 0 radical (unpaired) electrons. The molecule has 1 aliphatic heterocycles. The van der Waals surface area contributed by atoms with Gasteiger partial charge in [0.05, 0.1) is 12.6 Å². The van der Waals surface area contributed by atoms with Gasteiger partial charge in [0.2, 0.25) is 5.89 Å². The van der Waals surface area contributed by atoms with Crippen molar-refractivity contribution in [3.8, 4) is 0 Å².